The highest BCUT2D eigenvalue weighted by Gasteiger charge is 2.48. The Morgan fingerprint density at radius 1 is 1.28 bits per heavy atom. The van der Waals surface area contributed by atoms with Crippen LogP contribution in [0.4, 0.5) is 4.79 Å². The first-order chi connectivity index (χ1) is 12.0. The number of amides is 3. The van der Waals surface area contributed by atoms with Crippen molar-refractivity contribution in [1.82, 2.24) is 15.1 Å². The van der Waals surface area contributed by atoms with Crippen molar-refractivity contribution in [2.24, 2.45) is 4.99 Å². The fourth-order valence-corrected chi connectivity index (χ4v) is 3.68. The SMILES string of the molecule is CCCCCOC(=O)CSC1=NC2C(C(=O)NC(=O)N2C)N1CCC. The number of unbranched alkanes of at least 4 members (excludes halogenated alkanes) is 2. The Balaban J connectivity index is 1.97. The van der Waals surface area contributed by atoms with E-state index >= 15 is 0 Å². The summed E-state index contributed by atoms with van der Waals surface area (Å²) >= 11 is 1.26. The number of thioether (sulfide) groups is 1. The Morgan fingerprint density at radius 3 is 2.72 bits per heavy atom. The number of hydrogen-bond acceptors (Lipinski definition) is 7. The Labute approximate surface area is 152 Å². The van der Waals surface area contributed by atoms with Crippen molar-refractivity contribution in [3.05, 3.63) is 0 Å². The van der Waals surface area contributed by atoms with Crippen molar-refractivity contribution < 1.29 is 19.1 Å². The highest BCUT2D eigenvalue weighted by molar-refractivity contribution is 8.14. The molecule has 1 N–H and O–H groups in total. The number of nitrogens with one attached hydrogen (secondary N) is 1. The Hall–Kier alpha value is -1.77. The zero-order valence-electron chi connectivity index (χ0n) is 15.0. The largest absolute Gasteiger partial charge is 0.465 e. The summed E-state index contributed by atoms with van der Waals surface area (Å²) in [5, 5.41) is 2.96. The molecule has 2 aliphatic heterocycles. The van der Waals surface area contributed by atoms with Crippen LogP contribution in [-0.2, 0) is 14.3 Å². The van der Waals surface area contributed by atoms with E-state index in [1.54, 1.807) is 7.05 Å². The van der Waals surface area contributed by atoms with Gasteiger partial charge in [0.1, 0.15) is 0 Å². The smallest absolute Gasteiger partial charge is 0.325 e. The van der Waals surface area contributed by atoms with Gasteiger partial charge in [-0.3, -0.25) is 14.9 Å². The highest BCUT2D eigenvalue weighted by Crippen LogP contribution is 2.28. The maximum atomic E-state index is 12.2. The van der Waals surface area contributed by atoms with Crippen LogP contribution in [0.25, 0.3) is 0 Å². The standard InChI is InChI=1S/C16H26N4O4S/c1-4-6-7-9-24-11(21)10-25-16-17-13-12(20(16)8-5-2)14(22)18-15(23)19(13)3/h12-13H,4-10H2,1-3H3,(H,18,22,23). The molecule has 0 spiro atoms. The number of rotatable bonds is 8. The molecule has 0 aliphatic carbocycles. The summed E-state index contributed by atoms with van der Waals surface area (Å²) in [4.78, 5) is 43.7. The van der Waals surface area contributed by atoms with Crippen LogP contribution in [0, 0.1) is 0 Å². The number of carbonyl (C=O) groups is 3. The number of nitrogens with zero attached hydrogens (tertiary/aromatic N) is 3. The predicted octanol–water partition coefficient (Wildman–Crippen LogP) is 1.41. The normalized spacial score (nSPS) is 22.6. The second-order valence-corrected chi connectivity index (χ2v) is 7.03. The lowest BCUT2D eigenvalue weighted by atomic mass is 10.1. The molecule has 8 nitrogen and oxygen atoms in total. The average Bonchev–Trinajstić information content (AvgIpc) is 2.94. The predicted molar refractivity (Wildman–Crippen MR) is 96.3 cm³/mol. The van der Waals surface area contributed by atoms with E-state index in [1.807, 2.05) is 11.8 Å². The van der Waals surface area contributed by atoms with Gasteiger partial charge in [-0.25, -0.2) is 9.79 Å². The molecular weight excluding hydrogens is 344 g/mol. The second-order valence-electron chi connectivity index (χ2n) is 6.09. The van der Waals surface area contributed by atoms with Crippen molar-refractivity contribution in [2.45, 2.75) is 51.7 Å². The number of esters is 1. The number of aliphatic imine (C=N–C) groups is 1. The molecule has 2 heterocycles. The number of ether oxygens (including phenoxy) is 1. The first kappa shape index (κ1) is 19.6. The summed E-state index contributed by atoms with van der Waals surface area (Å²) in [6.07, 6.45) is 3.26. The van der Waals surface area contributed by atoms with Gasteiger partial charge in [0.2, 0.25) is 0 Å². The molecule has 0 aromatic carbocycles. The highest BCUT2D eigenvalue weighted by atomic mass is 32.2. The van der Waals surface area contributed by atoms with E-state index in [0.717, 1.165) is 25.7 Å². The Morgan fingerprint density at radius 2 is 2.04 bits per heavy atom. The molecule has 0 aromatic heterocycles. The molecule has 1 saturated heterocycles. The quantitative estimate of drug-likeness (QED) is 0.513. The van der Waals surface area contributed by atoms with Crippen molar-refractivity contribution >= 4 is 34.8 Å². The van der Waals surface area contributed by atoms with Gasteiger partial charge in [-0.05, 0) is 12.8 Å². The minimum absolute atomic E-state index is 0.143. The van der Waals surface area contributed by atoms with Crippen LogP contribution in [0.1, 0.15) is 39.5 Å². The monoisotopic (exact) mass is 370 g/mol. The number of amidine groups is 1. The van der Waals surface area contributed by atoms with Crippen LogP contribution in [-0.4, -0.2) is 71.0 Å². The summed E-state index contributed by atoms with van der Waals surface area (Å²) in [6, 6.07) is -0.987. The molecule has 0 bridgehead atoms. The molecule has 2 rings (SSSR count). The van der Waals surface area contributed by atoms with Gasteiger partial charge in [-0.15, -0.1) is 0 Å². The van der Waals surface area contributed by atoms with Gasteiger partial charge in [-0.2, -0.15) is 0 Å². The van der Waals surface area contributed by atoms with Crippen LogP contribution in [0.3, 0.4) is 0 Å². The molecule has 1 fully saturated rings. The van der Waals surface area contributed by atoms with Gasteiger partial charge in [0.15, 0.2) is 17.4 Å². The van der Waals surface area contributed by atoms with Crippen molar-refractivity contribution in [1.29, 1.82) is 0 Å². The third-order valence-corrected chi connectivity index (χ3v) is 5.10. The van der Waals surface area contributed by atoms with Crippen LogP contribution in [0.2, 0.25) is 0 Å². The summed E-state index contributed by atoms with van der Waals surface area (Å²) in [7, 11) is 1.61. The second kappa shape index (κ2) is 9.07. The van der Waals surface area contributed by atoms with E-state index in [2.05, 4.69) is 17.2 Å². The van der Waals surface area contributed by atoms with Gasteiger partial charge in [0.25, 0.3) is 5.91 Å². The van der Waals surface area contributed by atoms with Gasteiger partial charge in [0, 0.05) is 13.6 Å². The molecule has 3 amide bonds. The van der Waals surface area contributed by atoms with Gasteiger partial charge in [0.05, 0.1) is 12.4 Å². The molecule has 2 atom stereocenters. The molecule has 9 heteroatoms. The van der Waals surface area contributed by atoms with Crippen LogP contribution >= 0.6 is 11.8 Å². The van der Waals surface area contributed by atoms with E-state index in [-0.39, 0.29) is 17.6 Å². The van der Waals surface area contributed by atoms with Crippen molar-refractivity contribution in [2.75, 3.05) is 26.0 Å². The third kappa shape index (κ3) is 4.65. The van der Waals surface area contributed by atoms with Gasteiger partial charge < -0.3 is 14.5 Å². The minimum Gasteiger partial charge on any atom is -0.465 e. The number of urea groups is 1. The van der Waals surface area contributed by atoms with E-state index < -0.39 is 18.2 Å². The van der Waals surface area contributed by atoms with E-state index in [4.69, 9.17) is 4.74 Å². The summed E-state index contributed by atoms with van der Waals surface area (Å²) in [5.74, 6) is -0.490. The number of carbonyl (C=O) groups excluding carboxylic acids is 3. The van der Waals surface area contributed by atoms with Crippen LogP contribution < -0.4 is 5.32 Å². The number of imide groups is 1. The molecule has 25 heavy (non-hydrogen) atoms. The summed E-state index contributed by atoms with van der Waals surface area (Å²) in [6.45, 7) is 5.17. The maximum absolute atomic E-state index is 12.2. The van der Waals surface area contributed by atoms with E-state index in [0.29, 0.717) is 18.3 Å². The molecule has 2 unspecified atom stereocenters. The molecule has 140 valence electrons. The molecule has 2 aliphatic rings. The van der Waals surface area contributed by atoms with Gasteiger partial charge >= 0.3 is 12.0 Å². The number of fused-ring (bicyclic) bond motifs is 1. The van der Waals surface area contributed by atoms with Crippen molar-refractivity contribution in [3.63, 3.8) is 0 Å². The van der Waals surface area contributed by atoms with Crippen LogP contribution in [0.5, 0.6) is 0 Å². The Kier molecular flexibility index (Phi) is 7.10. The maximum Gasteiger partial charge on any atom is 0.325 e. The van der Waals surface area contributed by atoms with E-state index in [1.165, 1.54) is 16.7 Å². The van der Waals surface area contributed by atoms with E-state index in [9.17, 15) is 14.4 Å². The zero-order valence-corrected chi connectivity index (χ0v) is 15.8. The molecule has 0 saturated carbocycles. The lowest BCUT2D eigenvalue weighted by Gasteiger charge is -2.36. The topological polar surface area (TPSA) is 91.3 Å². The Bertz CT molecular complexity index is 554. The number of likely N-dealkylation sites (N-methyl/N-ethyl adjacent to an activating group) is 1. The van der Waals surface area contributed by atoms with Crippen molar-refractivity contribution in [3.8, 4) is 0 Å². The first-order valence-corrected chi connectivity index (χ1v) is 9.68. The summed E-state index contributed by atoms with van der Waals surface area (Å²) < 4.78 is 5.20. The first-order valence-electron chi connectivity index (χ1n) is 8.70. The summed E-state index contributed by atoms with van der Waals surface area (Å²) in [5.41, 5.74) is 0. The lowest BCUT2D eigenvalue weighted by molar-refractivity contribution is -0.140. The molecular formula is C16H26N4O4S. The number of hydrogen-bond donors (Lipinski definition) is 1. The zero-order chi connectivity index (χ0) is 18.4. The van der Waals surface area contributed by atoms with Gasteiger partial charge in [-0.1, -0.05) is 38.5 Å². The minimum atomic E-state index is -0.545. The average molecular weight is 370 g/mol. The fourth-order valence-electron chi connectivity index (χ4n) is 2.80. The third-order valence-electron chi connectivity index (χ3n) is 4.12. The molecule has 0 radical (unpaired) electrons. The molecule has 0 aromatic rings. The lowest BCUT2D eigenvalue weighted by Crippen LogP contribution is -2.63. The van der Waals surface area contributed by atoms with Crippen LogP contribution in [0.15, 0.2) is 4.99 Å². The fraction of sp³-hybridized carbons (Fsp3) is 0.750.